The van der Waals surface area contributed by atoms with E-state index in [1.54, 1.807) is 7.05 Å². The molecule has 152 valence electrons. The van der Waals surface area contributed by atoms with E-state index in [9.17, 15) is 8.78 Å². The van der Waals surface area contributed by atoms with Gasteiger partial charge in [-0.2, -0.15) is 0 Å². The van der Waals surface area contributed by atoms with Crippen molar-refractivity contribution in [3.63, 3.8) is 0 Å². The second kappa shape index (κ2) is 10.4. The summed E-state index contributed by atoms with van der Waals surface area (Å²) in [5.74, 6) is 1.33. The van der Waals surface area contributed by atoms with Gasteiger partial charge in [0.2, 0.25) is 0 Å². The van der Waals surface area contributed by atoms with Gasteiger partial charge < -0.3 is 19.7 Å². The van der Waals surface area contributed by atoms with Crippen LogP contribution in [0.2, 0.25) is 0 Å². The highest BCUT2D eigenvalue weighted by Gasteiger charge is 2.13. The van der Waals surface area contributed by atoms with Gasteiger partial charge >= 0.3 is 0 Å². The molecule has 2 aromatic rings. The lowest BCUT2D eigenvalue weighted by Gasteiger charge is -2.24. The van der Waals surface area contributed by atoms with E-state index >= 15 is 0 Å². The van der Waals surface area contributed by atoms with Crippen molar-refractivity contribution in [2.45, 2.75) is 13.0 Å². The smallest absolute Gasteiger partial charge is 0.193 e. The first-order valence-corrected chi connectivity index (χ1v) is 8.81. The van der Waals surface area contributed by atoms with Crippen LogP contribution in [0.4, 0.5) is 8.78 Å². The topological polar surface area (TPSA) is 46.1 Å². The molecule has 0 unspecified atom stereocenters. The van der Waals surface area contributed by atoms with E-state index in [4.69, 9.17) is 9.47 Å². The minimum absolute atomic E-state index is 0. The number of nitrogens with zero attached hydrogens (tertiary/aromatic N) is 2. The maximum atomic E-state index is 13.7. The molecule has 1 N–H and O–H groups in total. The summed E-state index contributed by atoms with van der Waals surface area (Å²) in [6.07, 6.45) is 0.362. The lowest BCUT2D eigenvalue weighted by Crippen LogP contribution is -2.39. The first-order chi connectivity index (χ1) is 13.1. The van der Waals surface area contributed by atoms with Crippen LogP contribution in [0.25, 0.3) is 0 Å². The average Bonchev–Trinajstić information content (AvgIpc) is 2.67. The van der Waals surface area contributed by atoms with Gasteiger partial charge in [0.15, 0.2) is 17.5 Å². The molecule has 1 aliphatic heterocycles. The predicted molar refractivity (Wildman–Crippen MR) is 116 cm³/mol. The Labute approximate surface area is 180 Å². The summed E-state index contributed by atoms with van der Waals surface area (Å²) in [5.41, 5.74) is 1.40. The molecule has 0 saturated heterocycles. The Morgan fingerprint density at radius 2 is 1.86 bits per heavy atom. The van der Waals surface area contributed by atoms with Crippen molar-refractivity contribution in [2.75, 3.05) is 33.9 Å². The molecule has 3 rings (SSSR count). The largest absolute Gasteiger partial charge is 0.486 e. The first kappa shape index (κ1) is 22.2. The van der Waals surface area contributed by atoms with Crippen LogP contribution in [-0.2, 0) is 13.0 Å². The van der Waals surface area contributed by atoms with E-state index in [1.165, 1.54) is 6.07 Å². The van der Waals surface area contributed by atoms with Gasteiger partial charge in [0.25, 0.3) is 0 Å². The van der Waals surface area contributed by atoms with Gasteiger partial charge in [-0.15, -0.1) is 24.0 Å². The molecule has 5 nitrogen and oxygen atoms in total. The zero-order chi connectivity index (χ0) is 19.2. The third-order valence-electron chi connectivity index (χ3n) is 4.28. The van der Waals surface area contributed by atoms with Crippen LogP contribution in [0, 0.1) is 11.6 Å². The summed E-state index contributed by atoms with van der Waals surface area (Å²) in [4.78, 5) is 6.20. The molecule has 0 saturated carbocycles. The number of nitrogens with one attached hydrogen (secondary N) is 1. The summed E-state index contributed by atoms with van der Waals surface area (Å²) < 4.78 is 38.1. The van der Waals surface area contributed by atoms with Gasteiger partial charge in [-0.05, 0) is 47.9 Å². The molecule has 0 radical (unpaired) electrons. The van der Waals surface area contributed by atoms with Crippen LogP contribution in [0.15, 0.2) is 41.4 Å². The van der Waals surface area contributed by atoms with Crippen molar-refractivity contribution in [3.05, 3.63) is 59.2 Å². The number of hydrogen-bond acceptors (Lipinski definition) is 3. The van der Waals surface area contributed by atoms with E-state index in [1.807, 2.05) is 30.1 Å². The summed E-state index contributed by atoms with van der Waals surface area (Å²) in [6, 6.07) is 9.33. The summed E-state index contributed by atoms with van der Waals surface area (Å²) >= 11 is 0. The number of hydrogen-bond donors (Lipinski definition) is 1. The Hall–Kier alpha value is -2.10. The highest BCUT2D eigenvalue weighted by molar-refractivity contribution is 14.0. The molecule has 0 spiro atoms. The molecule has 1 heterocycles. The van der Waals surface area contributed by atoms with Gasteiger partial charge in [-0.1, -0.05) is 6.07 Å². The molecule has 28 heavy (non-hydrogen) atoms. The second-order valence-electron chi connectivity index (χ2n) is 6.29. The lowest BCUT2D eigenvalue weighted by molar-refractivity contribution is 0.171. The molecule has 0 bridgehead atoms. The zero-order valence-electron chi connectivity index (χ0n) is 15.9. The molecule has 0 amide bonds. The highest BCUT2D eigenvalue weighted by Crippen LogP contribution is 2.31. The predicted octanol–water partition coefficient (Wildman–Crippen LogP) is 3.60. The number of guanidine groups is 1. The number of aliphatic imine (C=N–C) groups is 1. The van der Waals surface area contributed by atoms with E-state index in [2.05, 4.69) is 10.3 Å². The highest BCUT2D eigenvalue weighted by atomic mass is 127. The molecule has 0 aromatic heterocycles. The lowest BCUT2D eigenvalue weighted by atomic mass is 10.1. The van der Waals surface area contributed by atoms with Crippen LogP contribution in [0.5, 0.6) is 11.5 Å². The van der Waals surface area contributed by atoms with E-state index in [0.717, 1.165) is 29.2 Å². The summed E-state index contributed by atoms with van der Waals surface area (Å²) in [5, 5.41) is 3.18. The Kier molecular flexibility index (Phi) is 8.28. The maximum absolute atomic E-state index is 13.7. The number of ether oxygens (including phenoxy) is 2. The number of fused-ring (bicyclic) bond motifs is 1. The van der Waals surface area contributed by atoms with Crippen LogP contribution < -0.4 is 14.8 Å². The van der Waals surface area contributed by atoms with Crippen molar-refractivity contribution in [3.8, 4) is 11.5 Å². The van der Waals surface area contributed by atoms with Crippen LogP contribution >= 0.6 is 24.0 Å². The van der Waals surface area contributed by atoms with Gasteiger partial charge in [0, 0.05) is 27.2 Å². The minimum atomic E-state index is -0.438. The van der Waals surface area contributed by atoms with Crippen molar-refractivity contribution < 1.29 is 18.3 Å². The second-order valence-corrected chi connectivity index (χ2v) is 6.29. The molecule has 8 heteroatoms. The fraction of sp³-hybridized carbons (Fsp3) is 0.350. The maximum Gasteiger partial charge on any atom is 0.193 e. The molecule has 0 aliphatic carbocycles. The normalized spacial score (nSPS) is 12.9. The Morgan fingerprint density at radius 3 is 2.61 bits per heavy atom. The summed E-state index contributed by atoms with van der Waals surface area (Å²) in [6.45, 7) is 2.17. The number of rotatable bonds is 5. The quantitative estimate of drug-likeness (QED) is 0.385. The minimum Gasteiger partial charge on any atom is -0.486 e. The number of halogens is 3. The van der Waals surface area contributed by atoms with Crippen molar-refractivity contribution in [1.29, 1.82) is 0 Å². The van der Waals surface area contributed by atoms with Crippen molar-refractivity contribution >= 4 is 29.9 Å². The monoisotopic (exact) mass is 503 g/mol. The zero-order valence-corrected chi connectivity index (χ0v) is 18.2. The standard InChI is InChI=1S/C20H23F2N3O2.HI/c1-23-20(24-8-7-15-12-16(21)4-5-17(15)22)25(2)13-14-3-6-18-19(11-14)27-10-9-26-18;/h3-6,11-12H,7-10,13H2,1-2H3,(H,23,24);1H. The summed E-state index contributed by atoms with van der Waals surface area (Å²) in [7, 11) is 3.60. The molecule has 0 fully saturated rings. The molecule has 1 aliphatic rings. The van der Waals surface area contributed by atoms with Crippen molar-refractivity contribution in [2.24, 2.45) is 4.99 Å². The van der Waals surface area contributed by atoms with Crippen LogP contribution in [0.1, 0.15) is 11.1 Å². The van der Waals surface area contributed by atoms with Gasteiger partial charge in [0.1, 0.15) is 24.8 Å². The van der Waals surface area contributed by atoms with Gasteiger partial charge in [-0.25, -0.2) is 8.78 Å². The molecular formula is C20H24F2IN3O2. The van der Waals surface area contributed by atoms with Crippen molar-refractivity contribution in [1.82, 2.24) is 10.2 Å². The average molecular weight is 503 g/mol. The third-order valence-corrected chi connectivity index (χ3v) is 4.28. The van der Waals surface area contributed by atoms with Gasteiger partial charge in [-0.3, -0.25) is 4.99 Å². The van der Waals surface area contributed by atoms with Gasteiger partial charge in [0.05, 0.1) is 0 Å². The molecule has 0 atom stereocenters. The van der Waals surface area contributed by atoms with Crippen LogP contribution in [0.3, 0.4) is 0 Å². The van der Waals surface area contributed by atoms with E-state index in [0.29, 0.717) is 44.2 Å². The molecule has 2 aromatic carbocycles. The Bertz CT molecular complexity index is 833. The number of benzene rings is 2. The first-order valence-electron chi connectivity index (χ1n) is 8.81. The fourth-order valence-electron chi connectivity index (χ4n) is 2.96. The third kappa shape index (κ3) is 5.70. The molecular weight excluding hydrogens is 479 g/mol. The van der Waals surface area contributed by atoms with Crippen LogP contribution in [-0.4, -0.2) is 44.7 Å². The fourth-order valence-corrected chi connectivity index (χ4v) is 2.96. The Morgan fingerprint density at radius 1 is 1.11 bits per heavy atom. The SMILES string of the molecule is CN=C(NCCc1cc(F)ccc1F)N(C)Cc1ccc2c(c1)OCCO2.I. The van der Waals surface area contributed by atoms with E-state index < -0.39 is 11.6 Å². The Balaban J connectivity index is 0.00000280. The van der Waals surface area contributed by atoms with E-state index in [-0.39, 0.29) is 24.0 Å².